The molecular formula is C33H36BrFN4O3Si. The van der Waals surface area contributed by atoms with Crippen LogP contribution in [-0.4, -0.2) is 47.1 Å². The number of aromatic nitrogens is 3. The number of aryl methyl sites for hydroxylation is 1. The Balaban J connectivity index is 1.30. The Morgan fingerprint density at radius 3 is 2.47 bits per heavy atom. The lowest BCUT2D eigenvalue weighted by atomic mass is 9.82. The molecule has 1 fully saturated rings. The largest absolute Gasteiger partial charge is 0.395 e. The number of carbonyl (C=O) groups excluding carboxylic acids is 1. The molecule has 0 bridgehead atoms. The summed E-state index contributed by atoms with van der Waals surface area (Å²) in [7, 11) is -3.29. The molecule has 6 rings (SSSR count). The second kappa shape index (κ2) is 11.7. The van der Waals surface area contributed by atoms with Crippen LogP contribution >= 0.6 is 15.9 Å². The van der Waals surface area contributed by atoms with Crippen LogP contribution in [-0.2, 0) is 28.2 Å². The Morgan fingerprint density at radius 2 is 1.79 bits per heavy atom. The number of hydrogen-bond acceptors (Lipinski definition) is 5. The van der Waals surface area contributed by atoms with Crippen LogP contribution in [0.3, 0.4) is 0 Å². The lowest BCUT2D eigenvalue weighted by Gasteiger charge is -2.31. The standard InChI is InChI=1S/C33H36BrFN4O3Si/c1-22-31(43(2,3)35)30(16-17-38-20-28(36-37-38)26(21-40)24-12-8-5-9-13-24)42-33(22)27-18-25(34)14-15-29(27)39(32(33)41)19-23-10-6-4-7-11-23/h4-15,18,20,22,26,30-31,40H,16-17,19,21H2,1-3H3/t22-,26?,30+,31-,33+/m1/s1. The highest BCUT2D eigenvalue weighted by molar-refractivity contribution is 9.10. The van der Waals surface area contributed by atoms with Gasteiger partial charge < -0.3 is 18.9 Å². The van der Waals surface area contributed by atoms with E-state index in [1.165, 1.54) is 0 Å². The molecule has 2 aliphatic heterocycles. The molecule has 43 heavy (non-hydrogen) atoms. The molecule has 2 aliphatic rings. The highest BCUT2D eigenvalue weighted by Crippen LogP contribution is 2.60. The van der Waals surface area contributed by atoms with Crippen molar-refractivity contribution in [1.29, 1.82) is 0 Å². The van der Waals surface area contributed by atoms with E-state index in [1.807, 2.05) is 92.0 Å². The van der Waals surface area contributed by atoms with Crippen LogP contribution in [0.5, 0.6) is 0 Å². The first-order valence-corrected chi connectivity index (χ1v) is 18.5. The first-order chi connectivity index (χ1) is 20.6. The maximum Gasteiger partial charge on any atom is 0.264 e. The van der Waals surface area contributed by atoms with E-state index in [9.17, 15) is 9.90 Å². The van der Waals surface area contributed by atoms with Gasteiger partial charge in [0.25, 0.3) is 5.91 Å². The predicted octanol–water partition coefficient (Wildman–Crippen LogP) is 6.58. The van der Waals surface area contributed by atoms with Gasteiger partial charge in [0.2, 0.25) is 8.41 Å². The SMILES string of the molecule is C[C@@H]1[C@@H]([Si](C)(C)F)[C@H](CCn2cc(C(CO)c3ccccc3)nn2)O[C@@]12C(=O)N(Cc1ccccc1)c1ccc(Br)cc12. The molecule has 1 amide bonds. The molecule has 5 atom stereocenters. The van der Waals surface area contributed by atoms with E-state index in [1.54, 1.807) is 22.7 Å². The summed E-state index contributed by atoms with van der Waals surface area (Å²) in [6, 6.07) is 25.5. The summed E-state index contributed by atoms with van der Waals surface area (Å²) < 4.78 is 25.6. The minimum Gasteiger partial charge on any atom is -0.395 e. The van der Waals surface area contributed by atoms with Gasteiger partial charge in [0.05, 0.1) is 36.6 Å². The first-order valence-electron chi connectivity index (χ1n) is 14.7. The fourth-order valence-electron chi connectivity index (χ4n) is 7.11. The topological polar surface area (TPSA) is 80.5 Å². The molecule has 4 aromatic rings. The number of carbonyl (C=O) groups is 1. The summed E-state index contributed by atoms with van der Waals surface area (Å²) in [5.41, 5.74) is 2.56. The number of fused-ring (bicyclic) bond motifs is 2. The van der Waals surface area contributed by atoms with Gasteiger partial charge in [0, 0.05) is 34.2 Å². The number of ether oxygens (including phenoxy) is 1. The monoisotopic (exact) mass is 662 g/mol. The second-order valence-electron chi connectivity index (χ2n) is 12.2. The third-order valence-corrected chi connectivity index (χ3v) is 12.0. The highest BCUT2D eigenvalue weighted by Gasteiger charge is 2.66. The number of anilines is 1. The number of aliphatic hydroxyl groups excluding tert-OH is 1. The maximum atomic E-state index is 16.2. The Labute approximate surface area is 261 Å². The van der Waals surface area contributed by atoms with Crippen molar-refractivity contribution in [3.05, 3.63) is 112 Å². The quantitative estimate of drug-likeness (QED) is 0.162. The normalized spacial score (nSPS) is 24.1. The van der Waals surface area contributed by atoms with Crippen molar-refractivity contribution in [2.45, 2.75) is 62.7 Å². The van der Waals surface area contributed by atoms with Crippen LogP contribution in [0.2, 0.25) is 18.6 Å². The molecule has 1 spiro atoms. The number of hydrogen-bond donors (Lipinski definition) is 1. The zero-order valence-electron chi connectivity index (χ0n) is 24.5. The summed E-state index contributed by atoms with van der Waals surface area (Å²) in [6.07, 6.45) is 1.83. The van der Waals surface area contributed by atoms with Crippen LogP contribution in [0.1, 0.15) is 41.6 Å². The molecule has 10 heteroatoms. The highest BCUT2D eigenvalue weighted by atomic mass is 79.9. The fourth-order valence-corrected chi connectivity index (χ4v) is 10.0. The lowest BCUT2D eigenvalue weighted by Crippen LogP contribution is -2.45. The molecule has 224 valence electrons. The van der Waals surface area contributed by atoms with Crippen LogP contribution in [0.4, 0.5) is 9.80 Å². The Bertz CT molecular complexity index is 1600. The van der Waals surface area contributed by atoms with E-state index < -0.39 is 25.7 Å². The van der Waals surface area contributed by atoms with Gasteiger partial charge in [0.15, 0.2) is 5.60 Å². The Morgan fingerprint density at radius 1 is 1.09 bits per heavy atom. The van der Waals surface area contributed by atoms with Crippen molar-refractivity contribution < 1.29 is 18.7 Å². The number of amides is 1. The summed E-state index contributed by atoms with van der Waals surface area (Å²) in [5, 5.41) is 18.8. The summed E-state index contributed by atoms with van der Waals surface area (Å²) >= 11 is 3.60. The van der Waals surface area contributed by atoms with Gasteiger partial charge >= 0.3 is 0 Å². The number of rotatable bonds is 9. The summed E-state index contributed by atoms with van der Waals surface area (Å²) in [5.74, 6) is -0.791. The average Bonchev–Trinajstić information content (AvgIpc) is 3.64. The molecule has 3 heterocycles. The zero-order valence-corrected chi connectivity index (χ0v) is 27.1. The molecule has 3 aromatic carbocycles. The smallest absolute Gasteiger partial charge is 0.264 e. The van der Waals surface area contributed by atoms with E-state index in [-0.39, 0.29) is 24.3 Å². The number of benzene rings is 3. The van der Waals surface area contributed by atoms with Crippen molar-refractivity contribution >= 4 is 35.9 Å². The van der Waals surface area contributed by atoms with Gasteiger partial charge in [0.1, 0.15) is 0 Å². The van der Waals surface area contributed by atoms with Gasteiger partial charge in [-0.2, -0.15) is 0 Å². The maximum absolute atomic E-state index is 16.2. The minimum atomic E-state index is -3.29. The fraction of sp³-hybridized carbons (Fsp3) is 0.364. The summed E-state index contributed by atoms with van der Waals surface area (Å²) in [4.78, 5) is 16.3. The van der Waals surface area contributed by atoms with E-state index in [4.69, 9.17) is 4.74 Å². The summed E-state index contributed by atoms with van der Waals surface area (Å²) in [6.45, 7) is 6.17. The van der Waals surface area contributed by atoms with E-state index in [0.717, 1.165) is 26.9 Å². The van der Waals surface area contributed by atoms with Crippen LogP contribution in [0.15, 0.2) is 89.5 Å². The van der Waals surface area contributed by atoms with Gasteiger partial charge in [-0.1, -0.05) is 88.7 Å². The van der Waals surface area contributed by atoms with Crippen LogP contribution in [0, 0.1) is 5.92 Å². The molecule has 7 nitrogen and oxygen atoms in total. The molecule has 1 N–H and O–H groups in total. The van der Waals surface area contributed by atoms with Crippen molar-refractivity contribution in [2.75, 3.05) is 11.5 Å². The van der Waals surface area contributed by atoms with Gasteiger partial charge in [-0.15, -0.1) is 5.10 Å². The second-order valence-corrected chi connectivity index (χ2v) is 16.9. The van der Waals surface area contributed by atoms with Gasteiger partial charge in [-0.05, 0) is 48.8 Å². The molecular weight excluding hydrogens is 627 g/mol. The van der Waals surface area contributed by atoms with Crippen LogP contribution in [0.25, 0.3) is 0 Å². The molecule has 1 unspecified atom stereocenters. The predicted molar refractivity (Wildman–Crippen MR) is 170 cm³/mol. The molecule has 1 saturated heterocycles. The Hall–Kier alpha value is -3.18. The third-order valence-electron chi connectivity index (χ3n) is 9.05. The average molecular weight is 664 g/mol. The van der Waals surface area contributed by atoms with Crippen molar-refractivity contribution in [2.24, 2.45) is 5.92 Å². The number of nitrogens with zero attached hydrogens (tertiary/aromatic N) is 4. The lowest BCUT2D eigenvalue weighted by molar-refractivity contribution is -0.146. The Kier molecular flexibility index (Phi) is 8.14. The van der Waals surface area contributed by atoms with Crippen molar-refractivity contribution in [3.63, 3.8) is 0 Å². The minimum absolute atomic E-state index is 0.0885. The third kappa shape index (κ3) is 5.39. The first kappa shape index (κ1) is 29.9. The molecule has 1 aromatic heterocycles. The number of halogens is 2. The van der Waals surface area contributed by atoms with Gasteiger partial charge in [-0.3, -0.25) is 9.48 Å². The molecule has 0 radical (unpaired) electrons. The zero-order chi connectivity index (χ0) is 30.4. The van der Waals surface area contributed by atoms with Crippen LogP contribution < -0.4 is 4.90 Å². The van der Waals surface area contributed by atoms with Gasteiger partial charge in [-0.25, -0.2) is 0 Å². The van der Waals surface area contributed by atoms with E-state index >= 15 is 4.11 Å². The van der Waals surface area contributed by atoms with Crippen molar-refractivity contribution in [3.8, 4) is 0 Å². The van der Waals surface area contributed by atoms with E-state index in [0.29, 0.717) is 25.2 Å². The van der Waals surface area contributed by atoms with E-state index in [2.05, 4.69) is 26.2 Å². The van der Waals surface area contributed by atoms with Crippen molar-refractivity contribution in [1.82, 2.24) is 15.0 Å². The molecule has 0 aliphatic carbocycles. The number of aliphatic hydroxyl groups is 1. The molecule has 0 saturated carbocycles.